The first-order chi connectivity index (χ1) is 12.0. The summed E-state index contributed by atoms with van der Waals surface area (Å²) in [5, 5.41) is 11.4. The number of rotatable bonds is 8. The Hall–Kier alpha value is -2.19. The van der Waals surface area contributed by atoms with Crippen molar-refractivity contribution in [3.63, 3.8) is 0 Å². The van der Waals surface area contributed by atoms with Crippen LogP contribution in [-0.4, -0.2) is 52.3 Å². The number of nitrogens with one attached hydrogen (secondary N) is 1. The highest BCUT2D eigenvalue weighted by Crippen LogP contribution is 2.20. The number of alkyl halides is 1. The second kappa shape index (κ2) is 9.66. The molecule has 0 rings (SSSR count). The van der Waals surface area contributed by atoms with E-state index in [2.05, 4.69) is 5.32 Å². The predicted octanol–water partition coefficient (Wildman–Crippen LogP) is 2.63. The Bertz CT molecular complexity index is 563. The van der Waals surface area contributed by atoms with Crippen LogP contribution in [0.1, 0.15) is 61.3 Å². The van der Waals surface area contributed by atoms with Crippen molar-refractivity contribution in [1.29, 1.82) is 0 Å². The fraction of sp³-hybridized carbons (Fsp3) is 0.778. The highest BCUT2D eigenvalue weighted by molar-refractivity contribution is 5.93. The van der Waals surface area contributed by atoms with Crippen LogP contribution >= 0.6 is 0 Å². The summed E-state index contributed by atoms with van der Waals surface area (Å²) in [6.45, 7) is 11.0. The Morgan fingerprint density at radius 2 is 1.48 bits per heavy atom. The molecule has 0 aromatic rings. The number of carboxylic acid groups (broad SMARTS) is 1. The lowest BCUT2D eigenvalue weighted by molar-refractivity contribution is -0.156. The van der Waals surface area contributed by atoms with Gasteiger partial charge in [-0.15, -0.1) is 0 Å². The number of amides is 1. The van der Waals surface area contributed by atoms with Crippen molar-refractivity contribution in [1.82, 2.24) is 5.32 Å². The average Bonchev–Trinajstić information content (AvgIpc) is 2.41. The Labute approximate surface area is 158 Å². The zero-order valence-electron chi connectivity index (χ0n) is 16.9. The van der Waals surface area contributed by atoms with Crippen molar-refractivity contribution >= 4 is 23.8 Å². The molecule has 0 radical (unpaired) electrons. The van der Waals surface area contributed by atoms with E-state index in [1.165, 1.54) is 6.92 Å². The van der Waals surface area contributed by atoms with Crippen molar-refractivity contribution < 1.29 is 38.1 Å². The van der Waals surface area contributed by atoms with Crippen molar-refractivity contribution in [2.24, 2.45) is 5.92 Å². The zero-order valence-corrected chi connectivity index (χ0v) is 16.9. The number of halogens is 1. The number of carboxylic acids is 1. The van der Waals surface area contributed by atoms with E-state index in [1.807, 2.05) is 0 Å². The molecule has 0 aliphatic carbocycles. The maximum Gasteiger partial charge on any atom is 0.408 e. The van der Waals surface area contributed by atoms with E-state index in [0.717, 1.165) is 0 Å². The molecule has 0 spiro atoms. The molecular formula is C18H30FNO7. The standard InChI is InChI=1S/C18H30FNO7/c1-10(20-16(25)27-18(5,6)7)14(22)13(19)11(15(23)24)8-9-12(21)26-17(2,3)4/h10-11,13H,8-9H2,1-7H3,(H,20,25)(H,23,24)/t10-,11+,13-/m0/s1. The van der Waals surface area contributed by atoms with Gasteiger partial charge in [0.05, 0.1) is 12.0 Å². The Kier molecular flexibility index (Phi) is 8.88. The summed E-state index contributed by atoms with van der Waals surface area (Å²) >= 11 is 0. The Morgan fingerprint density at radius 3 is 1.89 bits per heavy atom. The molecule has 9 heteroatoms. The van der Waals surface area contributed by atoms with Crippen LogP contribution in [0.2, 0.25) is 0 Å². The third-order valence-electron chi connectivity index (χ3n) is 3.18. The summed E-state index contributed by atoms with van der Waals surface area (Å²) in [7, 11) is 0. The minimum atomic E-state index is -2.39. The molecule has 0 heterocycles. The summed E-state index contributed by atoms with van der Waals surface area (Å²) in [5.41, 5.74) is -1.56. The first-order valence-corrected chi connectivity index (χ1v) is 8.65. The molecule has 0 unspecified atom stereocenters. The van der Waals surface area contributed by atoms with Crippen LogP contribution in [0, 0.1) is 5.92 Å². The second-order valence-electron chi connectivity index (χ2n) is 8.24. The van der Waals surface area contributed by atoms with Crippen LogP contribution in [0.3, 0.4) is 0 Å². The summed E-state index contributed by atoms with van der Waals surface area (Å²) in [6.07, 6.45) is -4.07. The molecule has 3 atom stereocenters. The van der Waals surface area contributed by atoms with Gasteiger partial charge < -0.3 is 19.9 Å². The number of Topliss-reactive ketones (excluding diaryl/α,β-unsaturated/α-hetero) is 1. The average molecular weight is 391 g/mol. The van der Waals surface area contributed by atoms with Gasteiger partial charge in [-0.05, 0) is 54.9 Å². The highest BCUT2D eigenvalue weighted by atomic mass is 19.1. The first kappa shape index (κ1) is 24.8. The molecule has 0 aromatic heterocycles. The summed E-state index contributed by atoms with van der Waals surface area (Å²) in [6, 6.07) is -1.29. The minimum Gasteiger partial charge on any atom is -0.481 e. The van der Waals surface area contributed by atoms with Crippen molar-refractivity contribution in [2.45, 2.75) is 84.7 Å². The van der Waals surface area contributed by atoms with Gasteiger partial charge in [-0.3, -0.25) is 14.4 Å². The van der Waals surface area contributed by atoms with Gasteiger partial charge in [0.1, 0.15) is 11.2 Å². The molecule has 8 nitrogen and oxygen atoms in total. The fourth-order valence-electron chi connectivity index (χ4n) is 2.05. The molecule has 0 saturated carbocycles. The fourth-order valence-corrected chi connectivity index (χ4v) is 2.05. The van der Waals surface area contributed by atoms with Gasteiger partial charge in [-0.1, -0.05) is 0 Å². The van der Waals surface area contributed by atoms with Crippen LogP contribution in [-0.2, 0) is 23.9 Å². The van der Waals surface area contributed by atoms with E-state index >= 15 is 0 Å². The number of carbonyl (C=O) groups is 4. The third-order valence-corrected chi connectivity index (χ3v) is 3.18. The van der Waals surface area contributed by atoms with Gasteiger partial charge in [0.25, 0.3) is 0 Å². The van der Waals surface area contributed by atoms with Crippen molar-refractivity contribution in [2.75, 3.05) is 0 Å². The van der Waals surface area contributed by atoms with E-state index in [9.17, 15) is 28.7 Å². The van der Waals surface area contributed by atoms with Gasteiger partial charge in [0, 0.05) is 6.42 Å². The number of aliphatic carboxylic acids is 1. The van der Waals surface area contributed by atoms with Crippen LogP contribution in [0.5, 0.6) is 0 Å². The number of ketones is 1. The van der Waals surface area contributed by atoms with Gasteiger partial charge >= 0.3 is 18.0 Å². The van der Waals surface area contributed by atoms with Crippen LogP contribution < -0.4 is 5.32 Å². The van der Waals surface area contributed by atoms with E-state index in [-0.39, 0.29) is 6.42 Å². The lowest BCUT2D eigenvalue weighted by Crippen LogP contribution is -2.47. The van der Waals surface area contributed by atoms with Crippen LogP contribution in [0.15, 0.2) is 0 Å². The molecule has 156 valence electrons. The van der Waals surface area contributed by atoms with Gasteiger partial charge in [0.2, 0.25) is 0 Å². The molecule has 1 amide bonds. The summed E-state index contributed by atoms with van der Waals surface area (Å²) in [4.78, 5) is 46.8. The number of ether oxygens (including phenoxy) is 2. The SMILES string of the molecule is C[C@H](NC(=O)OC(C)(C)C)C(=O)[C@@H](F)[C@@H](CCC(=O)OC(C)(C)C)C(=O)O. The molecule has 2 N–H and O–H groups in total. The van der Waals surface area contributed by atoms with Crippen LogP contribution in [0.4, 0.5) is 9.18 Å². The van der Waals surface area contributed by atoms with E-state index in [4.69, 9.17) is 9.47 Å². The topological polar surface area (TPSA) is 119 Å². The maximum atomic E-state index is 14.5. The molecular weight excluding hydrogens is 361 g/mol. The van der Waals surface area contributed by atoms with Gasteiger partial charge in [-0.2, -0.15) is 0 Å². The smallest absolute Gasteiger partial charge is 0.408 e. The molecule has 27 heavy (non-hydrogen) atoms. The number of hydrogen-bond donors (Lipinski definition) is 2. The largest absolute Gasteiger partial charge is 0.481 e. The molecule has 0 bridgehead atoms. The maximum absolute atomic E-state index is 14.5. The molecule has 0 fully saturated rings. The normalized spacial score (nSPS) is 15.3. The third kappa shape index (κ3) is 10.5. The van der Waals surface area contributed by atoms with E-state index in [1.54, 1.807) is 41.5 Å². The second-order valence-corrected chi connectivity index (χ2v) is 8.24. The van der Waals surface area contributed by atoms with Gasteiger partial charge in [-0.25, -0.2) is 9.18 Å². The van der Waals surface area contributed by atoms with E-state index < -0.39 is 59.6 Å². The molecule has 0 aliphatic heterocycles. The predicted molar refractivity (Wildman–Crippen MR) is 94.9 cm³/mol. The molecule has 0 aliphatic rings. The quantitative estimate of drug-likeness (QED) is 0.610. The van der Waals surface area contributed by atoms with Crippen molar-refractivity contribution in [3.05, 3.63) is 0 Å². The number of carbonyl (C=O) groups excluding carboxylic acids is 3. The molecule has 0 aromatic carbocycles. The van der Waals surface area contributed by atoms with Crippen LogP contribution in [0.25, 0.3) is 0 Å². The number of esters is 1. The number of alkyl carbamates (subject to hydrolysis) is 1. The van der Waals surface area contributed by atoms with Gasteiger partial charge in [0.15, 0.2) is 12.0 Å². The van der Waals surface area contributed by atoms with Crippen molar-refractivity contribution in [3.8, 4) is 0 Å². The summed E-state index contributed by atoms with van der Waals surface area (Å²) in [5.74, 6) is -5.08. The lowest BCUT2D eigenvalue weighted by atomic mass is 9.92. The Morgan fingerprint density at radius 1 is 1.00 bits per heavy atom. The zero-order chi connectivity index (χ0) is 21.6. The minimum absolute atomic E-state index is 0.351. The number of hydrogen-bond acceptors (Lipinski definition) is 6. The molecule has 0 saturated heterocycles. The Balaban J connectivity index is 4.87. The highest BCUT2D eigenvalue weighted by Gasteiger charge is 2.37. The first-order valence-electron chi connectivity index (χ1n) is 8.65. The summed E-state index contributed by atoms with van der Waals surface area (Å²) < 4.78 is 24.5. The monoisotopic (exact) mass is 391 g/mol. The van der Waals surface area contributed by atoms with E-state index in [0.29, 0.717) is 0 Å². The lowest BCUT2D eigenvalue weighted by Gasteiger charge is -2.23.